The number of hydrogen-bond donors (Lipinski definition) is 3. The van der Waals surface area contributed by atoms with E-state index in [4.69, 9.17) is 5.73 Å². The average Bonchev–Trinajstić information content (AvgIpc) is 2.68. The van der Waals surface area contributed by atoms with E-state index in [-0.39, 0.29) is 0 Å². The Kier molecular flexibility index (Phi) is 2.56. The highest BCUT2D eigenvalue weighted by Gasteiger charge is 2.20. The fraction of sp³-hybridized carbons (Fsp3) is 0. The van der Waals surface area contributed by atoms with Gasteiger partial charge in [-0.15, -0.1) is 11.3 Å². The van der Waals surface area contributed by atoms with Gasteiger partial charge in [0, 0.05) is 17.0 Å². The molecule has 0 fully saturated rings. The van der Waals surface area contributed by atoms with Gasteiger partial charge in [-0.25, -0.2) is 4.98 Å². The maximum Gasteiger partial charge on any atom is 0.315 e. The number of rotatable bonds is 2. The van der Waals surface area contributed by atoms with Crippen LogP contribution in [0.5, 0.6) is 11.5 Å². The quantitative estimate of drug-likeness (QED) is 0.425. The fourth-order valence-electron chi connectivity index (χ4n) is 1.31. The molecule has 0 aliphatic rings. The van der Waals surface area contributed by atoms with Crippen LogP contribution in [0.25, 0.3) is 11.3 Å². The summed E-state index contributed by atoms with van der Waals surface area (Å²) in [6.45, 7) is 0. The van der Waals surface area contributed by atoms with Gasteiger partial charge >= 0.3 is 5.69 Å². The third-order valence-corrected chi connectivity index (χ3v) is 2.76. The zero-order valence-corrected chi connectivity index (χ0v) is 9.14. The van der Waals surface area contributed by atoms with E-state index in [1.807, 2.05) is 0 Å². The third-order valence-electron chi connectivity index (χ3n) is 2.08. The van der Waals surface area contributed by atoms with Crippen LogP contribution in [-0.4, -0.2) is 20.1 Å². The molecule has 0 spiro atoms. The van der Waals surface area contributed by atoms with Crippen molar-refractivity contribution in [2.45, 2.75) is 0 Å². The van der Waals surface area contributed by atoms with Crippen molar-refractivity contribution < 1.29 is 15.1 Å². The normalized spacial score (nSPS) is 10.4. The first-order valence-corrected chi connectivity index (χ1v) is 5.28. The molecule has 0 radical (unpaired) electrons. The van der Waals surface area contributed by atoms with Crippen LogP contribution in [0, 0.1) is 10.1 Å². The van der Waals surface area contributed by atoms with Crippen LogP contribution in [0.1, 0.15) is 0 Å². The number of aromatic nitrogens is 1. The largest absolute Gasteiger partial charge is 0.504 e. The Balaban J connectivity index is 2.60. The van der Waals surface area contributed by atoms with Crippen LogP contribution >= 0.6 is 11.3 Å². The molecular formula is C9H7N3O4S. The molecular weight excluding hydrogens is 246 g/mol. The molecule has 4 N–H and O–H groups in total. The molecule has 0 bridgehead atoms. The molecule has 1 heterocycles. The standard InChI is InChI=1S/C9H7N3O4S/c10-9-11-5(3-17-9)4-1-6(12(15)16)8(14)7(13)2-4/h1-3,13-14H,(H2,10,11). The summed E-state index contributed by atoms with van der Waals surface area (Å²) in [7, 11) is 0. The number of aromatic hydroxyl groups is 2. The lowest BCUT2D eigenvalue weighted by molar-refractivity contribution is -0.385. The van der Waals surface area contributed by atoms with Crippen molar-refractivity contribution >= 4 is 22.2 Å². The number of nitrogens with zero attached hydrogens (tertiary/aromatic N) is 2. The van der Waals surface area contributed by atoms with Crippen LogP contribution < -0.4 is 5.73 Å². The Morgan fingerprint density at radius 1 is 1.41 bits per heavy atom. The number of nitro groups is 1. The lowest BCUT2D eigenvalue weighted by Crippen LogP contribution is -1.90. The maximum atomic E-state index is 10.7. The monoisotopic (exact) mass is 253 g/mol. The van der Waals surface area contributed by atoms with Gasteiger partial charge in [0.15, 0.2) is 10.9 Å². The summed E-state index contributed by atoms with van der Waals surface area (Å²) in [5, 5.41) is 31.3. The second-order valence-electron chi connectivity index (χ2n) is 3.19. The minimum Gasteiger partial charge on any atom is -0.504 e. The minimum atomic E-state index is -0.783. The van der Waals surface area contributed by atoms with Gasteiger partial charge in [-0.05, 0) is 6.07 Å². The van der Waals surface area contributed by atoms with Crippen LogP contribution in [0.4, 0.5) is 10.8 Å². The highest BCUT2D eigenvalue weighted by molar-refractivity contribution is 7.13. The van der Waals surface area contributed by atoms with Crippen LogP contribution in [0.15, 0.2) is 17.5 Å². The van der Waals surface area contributed by atoms with Gasteiger partial charge in [0.05, 0.1) is 10.6 Å². The molecule has 8 heteroatoms. The molecule has 88 valence electrons. The Bertz CT molecular complexity index is 596. The average molecular weight is 253 g/mol. The van der Waals surface area contributed by atoms with Gasteiger partial charge in [-0.1, -0.05) is 0 Å². The number of nitrogen functional groups attached to an aromatic ring is 1. The molecule has 0 aliphatic heterocycles. The number of phenolic OH excluding ortho intramolecular Hbond substituents is 2. The van der Waals surface area contributed by atoms with Crippen LogP contribution in [0.3, 0.4) is 0 Å². The predicted octanol–water partition coefficient (Wildman–Crippen LogP) is 1.71. The Hall–Kier alpha value is -2.35. The molecule has 0 unspecified atom stereocenters. The van der Waals surface area contributed by atoms with E-state index in [2.05, 4.69) is 4.98 Å². The molecule has 0 saturated carbocycles. The molecule has 1 aromatic carbocycles. The summed E-state index contributed by atoms with van der Waals surface area (Å²) < 4.78 is 0. The number of nitro benzene ring substituents is 1. The summed E-state index contributed by atoms with van der Waals surface area (Å²) in [6.07, 6.45) is 0. The zero-order valence-electron chi connectivity index (χ0n) is 8.32. The zero-order chi connectivity index (χ0) is 12.6. The summed E-state index contributed by atoms with van der Waals surface area (Å²) in [5.41, 5.74) is 5.59. The van der Waals surface area contributed by atoms with Crippen molar-refractivity contribution in [3.63, 3.8) is 0 Å². The highest BCUT2D eigenvalue weighted by atomic mass is 32.1. The number of nitrogens with two attached hydrogens (primary N) is 1. The molecule has 2 rings (SSSR count). The SMILES string of the molecule is Nc1nc(-c2cc(O)c(O)c([N+](=O)[O-])c2)cs1. The first-order valence-electron chi connectivity index (χ1n) is 4.41. The molecule has 17 heavy (non-hydrogen) atoms. The van der Waals surface area contributed by atoms with Crippen molar-refractivity contribution in [2.75, 3.05) is 5.73 Å². The van der Waals surface area contributed by atoms with E-state index in [9.17, 15) is 20.3 Å². The first kappa shape index (κ1) is 11.1. The number of anilines is 1. The van der Waals surface area contributed by atoms with Gasteiger partial charge in [0.1, 0.15) is 0 Å². The predicted molar refractivity (Wildman–Crippen MR) is 61.9 cm³/mol. The van der Waals surface area contributed by atoms with E-state index in [0.29, 0.717) is 16.4 Å². The maximum absolute atomic E-state index is 10.7. The lowest BCUT2D eigenvalue weighted by atomic mass is 10.1. The highest BCUT2D eigenvalue weighted by Crippen LogP contribution is 2.39. The smallest absolute Gasteiger partial charge is 0.315 e. The van der Waals surface area contributed by atoms with Crippen molar-refractivity contribution in [2.24, 2.45) is 0 Å². The second-order valence-corrected chi connectivity index (χ2v) is 4.08. The number of benzene rings is 1. The van der Waals surface area contributed by atoms with Gasteiger partial charge < -0.3 is 15.9 Å². The topological polar surface area (TPSA) is 123 Å². The van der Waals surface area contributed by atoms with Crippen molar-refractivity contribution in [1.29, 1.82) is 0 Å². The van der Waals surface area contributed by atoms with E-state index in [0.717, 1.165) is 6.07 Å². The lowest BCUT2D eigenvalue weighted by Gasteiger charge is -2.02. The molecule has 0 saturated heterocycles. The van der Waals surface area contributed by atoms with Crippen LogP contribution in [0.2, 0.25) is 0 Å². The fourth-order valence-corrected chi connectivity index (χ4v) is 1.88. The van der Waals surface area contributed by atoms with Crippen LogP contribution in [-0.2, 0) is 0 Å². The van der Waals surface area contributed by atoms with Gasteiger partial charge in [-0.2, -0.15) is 0 Å². The Labute approximate surface area is 98.9 Å². The molecule has 0 aliphatic carbocycles. The van der Waals surface area contributed by atoms with E-state index in [1.165, 1.54) is 17.4 Å². The van der Waals surface area contributed by atoms with E-state index >= 15 is 0 Å². The number of hydrogen-bond acceptors (Lipinski definition) is 7. The van der Waals surface area contributed by atoms with Crippen molar-refractivity contribution in [3.05, 3.63) is 27.6 Å². The van der Waals surface area contributed by atoms with Gasteiger partial charge in [0.25, 0.3) is 0 Å². The number of phenols is 2. The van der Waals surface area contributed by atoms with Crippen molar-refractivity contribution in [3.8, 4) is 22.8 Å². The minimum absolute atomic E-state index is 0.315. The summed E-state index contributed by atoms with van der Waals surface area (Å²) in [5.74, 6) is -1.33. The first-order chi connectivity index (χ1) is 7.99. The Morgan fingerprint density at radius 3 is 2.65 bits per heavy atom. The molecule has 7 nitrogen and oxygen atoms in total. The molecule has 0 atom stereocenters. The van der Waals surface area contributed by atoms with E-state index < -0.39 is 22.1 Å². The molecule has 1 aromatic heterocycles. The summed E-state index contributed by atoms with van der Waals surface area (Å²) in [6, 6.07) is 2.32. The molecule has 2 aromatic rings. The Morgan fingerprint density at radius 2 is 2.12 bits per heavy atom. The van der Waals surface area contributed by atoms with Gasteiger partial charge in [-0.3, -0.25) is 10.1 Å². The van der Waals surface area contributed by atoms with E-state index in [1.54, 1.807) is 5.38 Å². The molecule has 0 amide bonds. The van der Waals surface area contributed by atoms with Crippen molar-refractivity contribution in [1.82, 2.24) is 4.98 Å². The number of thiazole rings is 1. The summed E-state index contributed by atoms with van der Waals surface area (Å²) in [4.78, 5) is 13.8. The third kappa shape index (κ3) is 1.97. The van der Waals surface area contributed by atoms with Gasteiger partial charge in [0.2, 0.25) is 5.75 Å². The summed E-state index contributed by atoms with van der Waals surface area (Å²) >= 11 is 1.18. The second kappa shape index (κ2) is 3.91.